The van der Waals surface area contributed by atoms with Crippen molar-refractivity contribution in [2.24, 2.45) is 0 Å². The minimum atomic E-state index is -0.835. The quantitative estimate of drug-likeness (QED) is 0.544. The molecular formula is C22H34O5. The van der Waals surface area contributed by atoms with Gasteiger partial charge in [0.2, 0.25) is 0 Å². The Balaban J connectivity index is 3.52. The lowest BCUT2D eigenvalue weighted by atomic mass is 9.78. The third kappa shape index (κ3) is 7.24. The number of carboxylic acids is 1. The summed E-state index contributed by atoms with van der Waals surface area (Å²) in [6.07, 6.45) is -0.259. The summed E-state index contributed by atoms with van der Waals surface area (Å²) in [6, 6.07) is 3.88. The molecule has 0 bridgehead atoms. The van der Waals surface area contributed by atoms with Gasteiger partial charge in [0.25, 0.3) is 0 Å². The Kier molecular flexibility index (Phi) is 6.74. The first kappa shape index (κ1) is 23.0. The van der Waals surface area contributed by atoms with Gasteiger partial charge >= 0.3 is 12.1 Å². The molecule has 0 atom stereocenters. The Labute approximate surface area is 163 Å². The van der Waals surface area contributed by atoms with Gasteiger partial charge < -0.3 is 14.6 Å². The van der Waals surface area contributed by atoms with E-state index in [1.165, 1.54) is 0 Å². The van der Waals surface area contributed by atoms with E-state index in [1.807, 2.05) is 53.7 Å². The van der Waals surface area contributed by atoms with E-state index in [9.17, 15) is 9.59 Å². The second kappa shape index (κ2) is 7.91. The van der Waals surface area contributed by atoms with Gasteiger partial charge in [0.1, 0.15) is 11.4 Å². The van der Waals surface area contributed by atoms with Crippen LogP contribution >= 0.6 is 0 Å². The zero-order chi connectivity index (χ0) is 21.2. The van der Waals surface area contributed by atoms with Crippen molar-refractivity contribution >= 4 is 12.1 Å². The maximum absolute atomic E-state index is 12.4. The van der Waals surface area contributed by atoms with Crippen molar-refractivity contribution in [3.8, 4) is 5.75 Å². The average Bonchev–Trinajstić information content (AvgIpc) is 2.41. The van der Waals surface area contributed by atoms with Gasteiger partial charge in [0.05, 0.1) is 0 Å². The van der Waals surface area contributed by atoms with Crippen LogP contribution in [0.3, 0.4) is 0 Å². The van der Waals surface area contributed by atoms with Crippen molar-refractivity contribution < 1.29 is 24.2 Å². The molecular weight excluding hydrogens is 344 g/mol. The van der Waals surface area contributed by atoms with E-state index in [1.54, 1.807) is 20.8 Å². The van der Waals surface area contributed by atoms with Gasteiger partial charge in [-0.15, -0.1) is 0 Å². The number of aliphatic carboxylic acids is 1. The molecule has 0 fully saturated rings. The fourth-order valence-corrected chi connectivity index (χ4v) is 2.66. The molecule has 1 aromatic carbocycles. The van der Waals surface area contributed by atoms with Crippen molar-refractivity contribution in [3.05, 3.63) is 28.8 Å². The smallest absolute Gasteiger partial charge is 0.481 e. The highest BCUT2D eigenvalue weighted by Gasteiger charge is 2.30. The summed E-state index contributed by atoms with van der Waals surface area (Å²) in [5, 5.41) is 9.03. The fourth-order valence-electron chi connectivity index (χ4n) is 2.66. The molecule has 5 nitrogen and oxygen atoms in total. The van der Waals surface area contributed by atoms with Crippen LogP contribution in [0.25, 0.3) is 0 Å². The van der Waals surface area contributed by atoms with Crippen LogP contribution in [-0.4, -0.2) is 22.8 Å². The first-order valence-corrected chi connectivity index (χ1v) is 9.31. The molecule has 0 amide bonds. The number of rotatable bonds is 4. The maximum Gasteiger partial charge on any atom is 0.514 e. The van der Waals surface area contributed by atoms with Gasteiger partial charge in [-0.25, -0.2) is 4.79 Å². The summed E-state index contributed by atoms with van der Waals surface area (Å²) in [5.74, 6) is -0.331. The van der Waals surface area contributed by atoms with Crippen LogP contribution in [0.2, 0.25) is 0 Å². The van der Waals surface area contributed by atoms with Crippen LogP contribution in [0, 0.1) is 0 Å². The normalized spacial score (nSPS) is 12.6. The lowest BCUT2D eigenvalue weighted by Gasteiger charge is -2.30. The van der Waals surface area contributed by atoms with Gasteiger partial charge in [-0.1, -0.05) is 53.7 Å². The van der Waals surface area contributed by atoms with E-state index < -0.39 is 17.7 Å². The first-order chi connectivity index (χ1) is 12.0. The van der Waals surface area contributed by atoms with Crippen LogP contribution in [0.4, 0.5) is 4.79 Å². The minimum absolute atomic E-state index is 0.0550. The summed E-state index contributed by atoms with van der Waals surface area (Å²) in [4.78, 5) is 23.4. The Morgan fingerprint density at radius 1 is 0.889 bits per heavy atom. The summed E-state index contributed by atoms with van der Waals surface area (Å²) < 4.78 is 11.1. The van der Waals surface area contributed by atoms with E-state index in [-0.39, 0.29) is 17.3 Å². The number of benzene rings is 1. The van der Waals surface area contributed by atoms with Crippen molar-refractivity contribution in [2.45, 2.75) is 91.6 Å². The molecule has 0 aliphatic rings. The third-order valence-electron chi connectivity index (χ3n) is 3.97. The Morgan fingerprint density at radius 2 is 1.33 bits per heavy atom. The molecule has 1 aromatic rings. The lowest BCUT2D eigenvalue weighted by molar-refractivity contribution is -0.136. The topological polar surface area (TPSA) is 72.8 Å². The van der Waals surface area contributed by atoms with Crippen molar-refractivity contribution in [3.63, 3.8) is 0 Å². The van der Waals surface area contributed by atoms with Crippen LogP contribution in [0.1, 0.15) is 85.4 Å². The number of carbonyl (C=O) groups is 2. The van der Waals surface area contributed by atoms with E-state index >= 15 is 0 Å². The number of aryl methyl sites for hydroxylation is 1. The average molecular weight is 379 g/mol. The monoisotopic (exact) mass is 378 g/mol. The SMILES string of the molecule is CC(C)(C)OC(=O)Oc1c(C(C)(C)C)cc(CCC(=O)O)cc1C(C)(C)C. The number of carbonyl (C=O) groups excluding carboxylic acids is 1. The second-order valence-corrected chi connectivity index (χ2v) is 9.98. The third-order valence-corrected chi connectivity index (χ3v) is 3.97. The first-order valence-electron chi connectivity index (χ1n) is 9.31. The summed E-state index contributed by atoms with van der Waals surface area (Å²) in [5.41, 5.74) is 1.40. The molecule has 27 heavy (non-hydrogen) atoms. The summed E-state index contributed by atoms with van der Waals surface area (Å²) in [7, 11) is 0. The maximum atomic E-state index is 12.4. The van der Waals surface area contributed by atoms with E-state index in [0.29, 0.717) is 12.2 Å². The van der Waals surface area contributed by atoms with Crippen LogP contribution in [0.15, 0.2) is 12.1 Å². The molecule has 1 rings (SSSR count). The molecule has 0 unspecified atom stereocenters. The second-order valence-electron chi connectivity index (χ2n) is 9.98. The fraction of sp³-hybridized carbons (Fsp3) is 0.636. The Morgan fingerprint density at radius 3 is 1.67 bits per heavy atom. The van der Waals surface area contributed by atoms with Crippen molar-refractivity contribution in [1.29, 1.82) is 0 Å². The van der Waals surface area contributed by atoms with Crippen molar-refractivity contribution in [2.75, 3.05) is 0 Å². The largest absolute Gasteiger partial charge is 0.514 e. The van der Waals surface area contributed by atoms with Crippen LogP contribution < -0.4 is 4.74 Å². The standard InChI is InChI=1S/C22H34O5/c1-20(2,3)15-12-14(10-11-17(23)24)13-16(21(4,5)6)18(15)26-19(25)27-22(7,8)9/h12-13H,10-11H2,1-9H3,(H,23,24). The van der Waals surface area contributed by atoms with Crippen LogP contribution in [0.5, 0.6) is 5.75 Å². The van der Waals surface area contributed by atoms with Gasteiger partial charge in [-0.05, 0) is 43.6 Å². The summed E-state index contributed by atoms with van der Waals surface area (Å²) in [6.45, 7) is 17.6. The zero-order valence-electron chi connectivity index (χ0n) is 18.1. The van der Waals surface area contributed by atoms with E-state index in [0.717, 1.165) is 16.7 Å². The molecule has 5 heteroatoms. The lowest BCUT2D eigenvalue weighted by Crippen LogP contribution is -2.28. The van der Waals surface area contributed by atoms with Gasteiger partial charge in [-0.2, -0.15) is 0 Å². The molecule has 0 radical (unpaired) electrons. The molecule has 0 aromatic heterocycles. The van der Waals surface area contributed by atoms with Gasteiger partial charge in [0.15, 0.2) is 0 Å². The highest BCUT2D eigenvalue weighted by atomic mass is 16.7. The number of hydrogen-bond acceptors (Lipinski definition) is 4. The number of carboxylic acid groups (broad SMARTS) is 1. The molecule has 0 saturated heterocycles. The number of hydrogen-bond donors (Lipinski definition) is 1. The Hall–Kier alpha value is -2.04. The summed E-state index contributed by atoms with van der Waals surface area (Å²) >= 11 is 0. The minimum Gasteiger partial charge on any atom is -0.481 e. The highest BCUT2D eigenvalue weighted by Crippen LogP contribution is 2.41. The number of ether oxygens (including phenoxy) is 2. The predicted octanol–water partition coefficient (Wildman–Crippen LogP) is 5.61. The zero-order valence-corrected chi connectivity index (χ0v) is 18.1. The highest BCUT2D eigenvalue weighted by molar-refractivity contribution is 5.68. The van der Waals surface area contributed by atoms with E-state index in [4.69, 9.17) is 14.6 Å². The van der Waals surface area contributed by atoms with Crippen LogP contribution in [-0.2, 0) is 26.8 Å². The van der Waals surface area contributed by atoms with Gasteiger partial charge in [0, 0.05) is 17.5 Å². The molecule has 1 N–H and O–H groups in total. The molecule has 0 spiro atoms. The molecule has 0 saturated carbocycles. The molecule has 0 aliphatic carbocycles. The predicted molar refractivity (Wildman–Crippen MR) is 107 cm³/mol. The molecule has 0 aliphatic heterocycles. The van der Waals surface area contributed by atoms with E-state index in [2.05, 4.69) is 0 Å². The van der Waals surface area contributed by atoms with Gasteiger partial charge in [-0.3, -0.25) is 4.79 Å². The molecule has 0 heterocycles. The Bertz CT molecular complexity index is 662. The van der Waals surface area contributed by atoms with Crippen molar-refractivity contribution in [1.82, 2.24) is 0 Å². The molecule has 152 valence electrons.